The van der Waals surface area contributed by atoms with Crippen LogP contribution in [-0.2, 0) is 10.0 Å². The van der Waals surface area contributed by atoms with Gasteiger partial charge in [-0.15, -0.1) is 0 Å². The molecule has 7 heteroatoms. The van der Waals surface area contributed by atoms with Gasteiger partial charge in [0.1, 0.15) is 5.82 Å². The van der Waals surface area contributed by atoms with E-state index in [1.54, 1.807) is 7.05 Å². The predicted octanol–water partition coefficient (Wildman–Crippen LogP) is 1.57. The van der Waals surface area contributed by atoms with Gasteiger partial charge >= 0.3 is 0 Å². The lowest BCUT2D eigenvalue weighted by Gasteiger charge is -2.23. The number of benzene rings is 1. The van der Waals surface area contributed by atoms with Gasteiger partial charge in [-0.1, -0.05) is 0 Å². The second-order valence-electron chi connectivity index (χ2n) is 4.24. The first-order valence-corrected chi connectivity index (χ1v) is 7.80. The van der Waals surface area contributed by atoms with Crippen molar-refractivity contribution in [1.82, 2.24) is 9.62 Å². The number of likely N-dealkylation sites (N-methyl/N-ethyl adjacent to an activating group) is 1. The van der Waals surface area contributed by atoms with Crippen molar-refractivity contribution in [3.05, 3.63) is 28.5 Å². The number of sulfonamides is 1. The van der Waals surface area contributed by atoms with Crippen LogP contribution in [0.1, 0.15) is 6.42 Å². The lowest BCUT2D eigenvalue weighted by atomic mass is 10.3. The number of rotatable bonds is 3. The Labute approximate surface area is 114 Å². The number of halogens is 2. The maximum atomic E-state index is 13.0. The van der Waals surface area contributed by atoms with Crippen LogP contribution in [0, 0.1) is 5.82 Å². The van der Waals surface area contributed by atoms with E-state index in [1.165, 1.54) is 10.4 Å². The van der Waals surface area contributed by atoms with Crippen molar-refractivity contribution in [2.45, 2.75) is 17.4 Å². The minimum atomic E-state index is -3.59. The van der Waals surface area contributed by atoms with E-state index in [4.69, 9.17) is 0 Å². The number of nitrogens with zero attached hydrogens (tertiary/aromatic N) is 1. The van der Waals surface area contributed by atoms with Crippen LogP contribution in [0.3, 0.4) is 0 Å². The molecule has 1 atom stereocenters. The van der Waals surface area contributed by atoms with Crippen molar-refractivity contribution in [3.8, 4) is 0 Å². The summed E-state index contributed by atoms with van der Waals surface area (Å²) in [6.07, 6.45) is 0.786. The van der Waals surface area contributed by atoms with Crippen LogP contribution in [0.15, 0.2) is 27.6 Å². The van der Waals surface area contributed by atoms with E-state index >= 15 is 0 Å². The minimum Gasteiger partial charge on any atom is -0.315 e. The molecular formula is C11H14BrFN2O2S. The molecule has 100 valence electrons. The molecule has 0 bridgehead atoms. The van der Waals surface area contributed by atoms with Gasteiger partial charge in [-0.3, -0.25) is 0 Å². The molecule has 0 amide bonds. The third-order valence-electron chi connectivity index (χ3n) is 3.10. The molecule has 1 heterocycles. The third-order valence-corrected chi connectivity index (χ3v) is 5.99. The lowest BCUT2D eigenvalue weighted by Crippen LogP contribution is -2.38. The molecule has 0 spiro atoms. The molecule has 2 rings (SSSR count). The second-order valence-corrected chi connectivity index (χ2v) is 7.06. The summed E-state index contributed by atoms with van der Waals surface area (Å²) in [6, 6.07) is 3.55. The summed E-state index contributed by atoms with van der Waals surface area (Å²) in [4.78, 5) is 0.0956. The molecule has 1 aromatic rings. The van der Waals surface area contributed by atoms with Crippen molar-refractivity contribution in [2.24, 2.45) is 0 Å². The van der Waals surface area contributed by atoms with Crippen LogP contribution in [0.4, 0.5) is 4.39 Å². The van der Waals surface area contributed by atoms with Crippen molar-refractivity contribution < 1.29 is 12.8 Å². The summed E-state index contributed by atoms with van der Waals surface area (Å²) in [5.41, 5.74) is 0. The van der Waals surface area contributed by atoms with Crippen LogP contribution < -0.4 is 5.32 Å². The molecule has 1 fully saturated rings. The third kappa shape index (κ3) is 2.59. The maximum absolute atomic E-state index is 13.0. The topological polar surface area (TPSA) is 49.4 Å². The molecule has 0 saturated carbocycles. The summed E-state index contributed by atoms with van der Waals surface area (Å²) >= 11 is 3.10. The van der Waals surface area contributed by atoms with Crippen molar-refractivity contribution in [1.29, 1.82) is 0 Å². The normalized spacial score (nSPS) is 20.6. The van der Waals surface area contributed by atoms with Crippen molar-refractivity contribution in [3.63, 3.8) is 0 Å². The molecule has 1 N–H and O–H groups in total. The Morgan fingerprint density at radius 2 is 2.22 bits per heavy atom. The molecule has 0 radical (unpaired) electrons. The summed E-state index contributed by atoms with van der Waals surface area (Å²) in [7, 11) is -2.03. The predicted molar refractivity (Wildman–Crippen MR) is 70.3 cm³/mol. The van der Waals surface area contributed by atoms with E-state index in [1.807, 2.05) is 0 Å². The van der Waals surface area contributed by atoms with Crippen LogP contribution in [0.5, 0.6) is 0 Å². The molecular weight excluding hydrogens is 323 g/mol. The highest BCUT2D eigenvalue weighted by molar-refractivity contribution is 9.10. The Hall–Kier alpha value is -0.500. The highest BCUT2D eigenvalue weighted by Crippen LogP contribution is 2.27. The molecule has 18 heavy (non-hydrogen) atoms. The van der Waals surface area contributed by atoms with Crippen LogP contribution in [0.2, 0.25) is 0 Å². The Bertz CT molecular complexity index is 544. The van der Waals surface area contributed by atoms with E-state index in [9.17, 15) is 12.8 Å². The SMILES string of the molecule is CN([C@@H]1CCNC1)S(=O)(=O)c1ccc(F)cc1Br. The Morgan fingerprint density at radius 1 is 1.50 bits per heavy atom. The standard InChI is InChI=1S/C11H14BrFN2O2S/c1-15(9-4-5-14-7-9)18(16,17)11-3-2-8(13)6-10(11)12/h2-3,6,9,14H,4-5,7H2,1H3/t9-/m1/s1. The molecule has 0 aliphatic carbocycles. The van der Waals surface area contributed by atoms with Gasteiger partial charge < -0.3 is 5.32 Å². The Balaban J connectivity index is 2.35. The quantitative estimate of drug-likeness (QED) is 0.911. The monoisotopic (exact) mass is 336 g/mol. The smallest absolute Gasteiger partial charge is 0.244 e. The second kappa shape index (κ2) is 5.24. The van der Waals surface area contributed by atoms with Gasteiger partial charge in [0.2, 0.25) is 10.0 Å². The van der Waals surface area contributed by atoms with Gasteiger partial charge in [-0.2, -0.15) is 4.31 Å². The molecule has 1 aliphatic rings. The fraction of sp³-hybridized carbons (Fsp3) is 0.455. The molecule has 1 saturated heterocycles. The molecule has 1 aliphatic heterocycles. The van der Waals surface area contributed by atoms with Gasteiger partial charge in [0, 0.05) is 24.1 Å². The zero-order valence-corrected chi connectivity index (χ0v) is 12.3. The zero-order chi connectivity index (χ0) is 13.3. The fourth-order valence-corrected chi connectivity index (χ4v) is 4.38. The molecule has 1 aromatic carbocycles. The molecule has 0 unspecified atom stereocenters. The van der Waals surface area contributed by atoms with E-state index in [-0.39, 0.29) is 15.4 Å². The van der Waals surface area contributed by atoms with Gasteiger partial charge in [0.05, 0.1) is 4.90 Å². The van der Waals surface area contributed by atoms with Gasteiger partial charge in [-0.05, 0) is 47.1 Å². The largest absolute Gasteiger partial charge is 0.315 e. The first-order valence-electron chi connectivity index (χ1n) is 5.57. The lowest BCUT2D eigenvalue weighted by molar-refractivity contribution is 0.387. The summed E-state index contributed by atoms with van der Waals surface area (Å²) < 4.78 is 39.4. The van der Waals surface area contributed by atoms with Gasteiger partial charge in [0.25, 0.3) is 0 Å². The summed E-state index contributed by atoms with van der Waals surface area (Å²) in [5, 5.41) is 3.12. The van der Waals surface area contributed by atoms with Crippen molar-refractivity contribution in [2.75, 3.05) is 20.1 Å². The van der Waals surface area contributed by atoms with E-state index in [2.05, 4.69) is 21.2 Å². The van der Waals surface area contributed by atoms with Crippen LogP contribution >= 0.6 is 15.9 Å². The van der Waals surface area contributed by atoms with Gasteiger partial charge in [0.15, 0.2) is 0 Å². The number of nitrogens with one attached hydrogen (secondary N) is 1. The van der Waals surface area contributed by atoms with E-state index in [0.717, 1.165) is 25.1 Å². The van der Waals surface area contributed by atoms with Gasteiger partial charge in [-0.25, -0.2) is 12.8 Å². The summed E-state index contributed by atoms with van der Waals surface area (Å²) in [5.74, 6) is -0.467. The first-order chi connectivity index (χ1) is 8.43. The average molecular weight is 337 g/mol. The van der Waals surface area contributed by atoms with Crippen molar-refractivity contribution >= 4 is 26.0 Å². The average Bonchev–Trinajstić information content (AvgIpc) is 2.80. The highest BCUT2D eigenvalue weighted by Gasteiger charge is 2.31. The highest BCUT2D eigenvalue weighted by atomic mass is 79.9. The number of hydrogen-bond acceptors (Lipinski definition) is 3. The fourth-order valence-electron chi connectivity index (χ4n) is 1.99. The summed E-state index contributed by atoms with van der Waals surface area (Å²) in [6.45, 7) is 1.46. The van der Waals surface area contributed by atoms with E-state index < -0.39 is 15.8 Å². The number of hydrogen-bond donors (Lipinski definition) is 1. The maximum Gasteiger partial charge on any atom is 0.244 e. The zero-order valence-electron chi connectivity index (χ0n) is 9.86. The van der Waals surface area contributed by atoms with E-state index in [0.29, 0.717) is 6.54 Å². The van der Waals surface area contributed by atoms with Crippen LogP contribution in [0.25, 0.3) is 0 Å². The van der Waals surface area contributed by atoms with Crippen LogP contribution in [-0.4, -0.2) is 38.9 Å². The first kappa shape index (κ1) is 13.9. The Morgan fingerprint density at radius 3 is 2.78 bits per heavy atom. The Kier molecular flexibility index (Phi) is 4.05. The minimum absolute atomic E-state index is 0.0491. The molecule has 0 aromatic heterocycles. The molecule has 4 nitrogen and oxygen atoms in total.